The van der Waals surface area contributed by atoms with Gasteiger partial charge in [-0.25, -0.2) is 4.98 Å². The van der Waals surface area contributed by atoms with E-state index >= 15 is 0 Å². The monoisotopic (exact) mass is 376 g/mol. The largest absolute Gasteiger partial charge is 0.493 e. The van der Waals surface area contributed by atoms with Gasteiger partial charge in [0.1, 0.15) is 5.01 Å². The number of thiazole rings is 1. The molecule has 0 spiro atoms. The van der Waals surface area contributed by atoms with Gasteiger partial charge in [-0.15, -0.1) is 11.3 Å². The molecule has 1 fully saturated rings. The van der Waals surface area contributed by atoms with Crippen LogP contribution in [0.5, 0.6) is 17.2 Å². The molecule has 0 unspecified atom stereocenters. The van der Waals surface area contributed by atoms with E-state index in [0.29, 0.717) is 17.2 Å². The smallest absolute Gasteiger partial charge is 0.203 e. The summed E-state index contributed by atoms with van der Waals surface area (Å²) < 4.78 is 16.4. The molecule has 0 atom stereocenters. The second kappa shape index (κ2) is 9.24. The molecule has 1 heterocycles. The first kappa shape index (κ1) is 19.0. The number of nitrogens with zero attached hydrogens (tertiary/aromatic N) is 1. The molecule has 26 heavy (non-hydrogen) atoms. The fourth-order valence-corrected chi connectivity index (χ4v) is 4.50. The van der Waals surface area contributed by atoms with Crippen molar-refractivity contribution >= 4 is 11.3 Å². The molecular formula is C20H28N2O3S. The van der Waals surface area contributed by atoms with E-state index in [9.17, 15) is 0 Å². The maximum Gasteiger partial charge on any atom is 0.203 e. The summed E-state index contributed by atoms with van der Waals surface area (Å²) in [4.78, 5) is 5.64. The van der Waals surface area contributed by atoms with Gasteiger partial charge in [0.25, 0.3) is 0 Å². The van der Waals surface area contributed by atoms with Crippen molar-refractivity contribution in [1.82, 2.24) is 10.3 Å². The molecule has 1 aromatic heterocycles. The number of ether oxygens (including phenoxy) is 3. The molecule has 5 nitrogen and oxygen atoms in total. The molecule has 2 aromatic rings. The molecule has 0 amide bonds. The minimum atomic E-state index is 0.609. The number of hydrogen-bond donors (Lipinski definition) is 1. The van der Waals surface area contributed by atoms with Gasteiger partial charge in [0.15, 0.2) is 11.5 Å². The number of aromatic nitrogens is 1. The van der Waals surface area contributed by atoms with E-state index < -0.39 is 0 Å². The van der Waals surface area contributed by atoms with Crippen LogP contribution < -0.4 is 19.5 Å². The Balaban J connectivity index is 1.69. The van der Waals surface area contributed by atoms with Gasteiger partial charge < -0.3 is 19.5 Å². The van der Waals surface area contributed by atoms with Crippen molar-refractivity contribution in [2.45, 2.75) is 38.6 Å². The van der Waals surface area contributed by atoms with Crippen LogP contribution in [0.2, 0.25) is 0 Å². The van der Waals surface area contributed by atoms with E-state index in [-0.39, 0.29) is 0 Å². The number of nitrogens with one attached hydrogen (secondary N) is 1. The second-order valence-corrected chi connectivity index (χ2v) is 7.75. The van der Waals surface area contributed by atoms with Crippen LogP contribution in [-0.4, -0.2) is 32.9 Å². The third-order valence-corrected chi connectivity index (χ3v) is 5.99. The molecule has 0 aliphatic heterocycles. The maximum absolute atomic E-state index is 5.59. The molecule has 3 rings (SSSR count). The summed E-state index contributed by atoms with van der Waals surface area (Å²) in [5, 5.41) is 4.67. The normalized spacial score (nSPS) is 15.0. The molecule has 6 heteroatoms. The molecule has 1 N–H and O–H groups in total. The highest BCUT2D eigenvalue weighted by molar-refractivity contribution is 7.15. The molecule has 1 aliphatic rings. The SMILES string of the molecule is COc1ccc(-c2cnc(CNCC3CCCCC3)s2)c(OC)c1OC. The Morgan fingerprint density at radius 2 is 1.81 bits per heavy atom. The zero-order valence-corrected chi connectivity index (χ0v) is 16.7. The summed E-state index contributed by atoms with van der Waals surface area (Å²) in [6, 6.07) is 3.89. The number of benzene rings is 1. The molecular weight excluding hydrogens is 348 g/mol. The number of rotatable bonds is 8. The van der Waals surface area contributed by atoms with Gasteiger partial charge in [0.05, 0.1) is 26.2 Å². The standard InChI is InChI=1S/C20H28N2O3S/c1-23-16-10-9-15(19(24-2)20(16)25-3)17-12-22-18(26-17)13-21-11-14-7-5-4-6-8-14/h9-10,12,14,21H,4-8,11,13H2,1-3H3. The van der Waals surface area contributed by atoms with Crippen LogP contribution in [0.4, 0.5) is 0 Å². The summed E-state index contributed by atoms with van der Waals surface area (Å²) in [5.74, 6) is 2.77. The highest BCUT2D eigenvalue weighted by Gasteiger charge is 2.19. The third-order valence-electron chi connectivity index (χ3n) is 4.96. The van der Waals surface area contributed by atoms with Crippen LogP contribution in [0.25, 0.3) is 10.4 Å². The first-order valence-electron chi connectivity index (χ1n) is 9.21. The van der Waals surface area contributed by atoms with Crippen molar-refractivity contribution in [3.8, 4) is 27.7 Å². The van der Waals surface area contributed by atoms with Crippen LogP contribution >= 0.6 is 11.3 Å². The molecule has 0 bridgehead atoms. The minimum Gasteiger partial charge on any atom is -0.493 e. The van der Waals surface area contributed by atoms with E-state index in [0.717, 1.165) is 34.5 Å². The fraction of sp³-hybridized carbons (Fsp3) is 0.550. The van der Waals surface area contributed by atoms with Gasteiger partial charge in [-0.05, 0) is 37.4 Å². The zero-order chi connectivity index (χ0) is 18.4. The lowest BCUT2D eigenvalue weighted by Crippen LogP contribution is -2.24. The summed E-state index contributed by atoms with van der Waals surface area (Å²) in [6.45, 7) is 1.91. The molecule has 0 saturated heterocycles. The second-order valence-electron chi connectivity index (χ2n) is 6.64. The fourth-order valence-electron chi connectivity index (χ4n) is 3.59. The van der Waals surface area contributed by atoms with Crippen molar-refractivity contribution in [3.05, 3.63) is 23.3 Å². The van der Waals surface area contributed by atoms with Crippen molar-refractivity contribution < 1.29 is 14.2 Å². The number of hydrogen-bond acceptors (Lipinski definition) is 6. The summed E-state index contributed by atoms with van der Waals surface area (Å²) >= 11 is 1.68. The predicted molar refractivity (Wildman–Crippen MR) is 105 cm³/mol. The van der Waals surface area contributed by atoms with Gasteiger partial charge in [-0.1, -0.05) is 19.3 Å². The lowest BCUT2D eigenvalue weighted by atomic mass is 9.89. The average molecular weight is 377 g/mol. The molecule has 1 aliphatic carbocycles. The van der Waals surface area contributed by atoms with Crippen LogP contribution in [0, 0.1) is 5.92 Å². The third kappa shape index (κ3) is 4.30. The molecule has 0 radical (unpaired) electrons. The highest BCUT2D eigenvalue weighted by atomic mass is 32.1. The lowest BCUT2D eigenvalue weighted by Gasteiger charge is -2.21. The highest BCUT2D eigenvalue weighted by Crippen LogP contribution is 2.45. The van der Waals surface area contributed by atoms with Crippen molar-refractivity contribution in [2.24, 2.45) is 5.92 Å². The Kier molecular flexibility index (Phi) is 6.74. The predicted octanol–water partition coefficient (Wildman–Crippen LogP) is 4.51. The summed E-state index contributed by atoms with van der Waals surface area (Å²) in [5.41, 5.74) is 0.973. The Morgan fingerprint density at radius 3 is 2.50 bits per heavy atom. The topological polar surface area (TPSA) is 52.6 Å². The van der Waals surface area contributed by atoms with Gasteiger partial charge in [-0.2, -0.15) is 0 Å². The Bertz CT molecular complexity index is 711. The molecule has 1 aromatic carbocycles. The Hall–Kier alpha value is -1.79. The average Bonchev–Trinajstić information content (AvgIpc) is 3.16. The molecule has 1 saturated carbocycles. The van der Waals surface area contributed by atoms with Crippen LogP contribution in [0.15, 0.2) is 18.3 Å². The van der Waals surface area contributed by atoms with Crippen LogP contribution in [-0.2, 0) is 6.54 Å². The van der Waals surface area contributed by atoms with Crippen molar-refractivity contribution in [2.75, 3.05) is 27.9 Å². The Morgan fingerprint density at radius 1 is 1.04 bits per heavy atom. The Labute approximate surface area is 159 Å². The van der Waals surface area contributed by atoms with Gasteiger partial charge in [0.2, 0.25) is 5.75 Å². The first-order chi connectivity index (χ1) is 12.8. The number of methoxy groups -OCH3 is 3. The minimum absolute atomic E-state index is 0.609. The van der Waals surface area contributed by atoms with Gasteiger partial charge in [0, 0.05) is 18.3 Å². The summed E-state index contributed by atoms with van der Waals surface area (Å²) in [6.07, 6.45) is 8.79. The zero-order valence-electron chi connectivity index (χ0n) is 15.8. The van der Waals surface area contributed by atoms with E-state index in [1.165, 1.54) is 32.1 Å². The lowest BCUT2D eigenvalue weighted by molar-refractivity contribution is 0.325. The van der Waals surface area contributed by atoms with E-state index in [1.54, 1.807) is 32.7 Å². The maximum atomic E-state index is 5.59. The van der Waals surface area contributed by atoms with Crippen LogP contribution in [0.3, 0.4) is 0 Å². The van der Waals surface area contributed by atoms with Gasteiger partial charge >= 0.3 is 0 Å². The van der Waals surface area contributed by atoms with E-state index in [1.807, 2.05) is 18.3 Å². The van der Waals surface area contributed by atoms with Crippen molar-refractivity contribution in [1.29, 1.82) is 0 Å². The van der Waals surface area contributed by atoms with E-state index in [4.69, 9.17) is 14.2 Å². The summed E-state index contributed by atoms with van der Waals surface area (Å²) in [7, 11) is 4.89. The van der Waals surface area contributed by atoms with Crippen LogP contribution in [0.1, 0.15) is 37.1 Å². The van der Waals surface area contributed by atoms with Crippen molar-refractivity contribution in [3.63, 3.8) is 0 Å². The quantitative estimate of drug-likeness (QED) is 0.735. The molecule has 142 valence electrons. The first-order valence-corrected chi connectivity index (χ1v) is 10.0. The van der Waals surface area contributed by atoms with Gasteiger partial charge in [-0.3, -0.25) is 0 Å². The van der Waals surface area contributed by atoms with E-state index in [2.05, 4.69) is 10.3 Å².